The molecule has 2 unspecified atom stereocenters. The zero-order chi connectivity index (χ0) is 12.9. The van der Waals surface area contributed by atoms with Gasteiger partial charge in [-0.05, 0) is 27.2 Å². The van der Waals surface area contributed by atoms with E-state index in [9.17, 15) is 4.79 Å². The smallest absolute Gasteiger partial charge is 0.410 e. The molecule has 0 radical (unpaired) electrons. The van der Waals surface area contributed by atoms with Gasteiger partial charge in [0.25, 0.3) is 0 Å². The maximum Gasteiger partial charge on any atom is 0.410 e. The molecule has 1 aliphatic carbocycles. The molecule has 0 aromatic heterocycles. The Morgan fingerprint density at radius 1 is 1.22 bits per heavy atom. The van der Waals surface area contributed by atoms with Crippen LogP contribution in [0.15, 0.2) is 0 Å². The minimum Gasteiger partial charge on any atom is -0.444 e. The molecule has 102 valence electrons. The number of hydrogen-bond donors (Lipinski definition) is 1. The monoisotopic (exact) mass is 253 g/mol. The van der Waals surface area contributed by atoms with Crippen LogP contribution in [0.5, 0.6) is 0 Å². The van der Waals surface area contributed by atoms with E-state index < -0.39 is 5.60 Å². The second-order valence-corrected chi connectivity index (χ2v) is 6.59. The average molecular weight is 253 g/mol. The lowest BCUT2D eigenvalue weighted by molar-refractivity contribution is 0.00600. The maximum absolute atomic E-state index is 12.1. The van der Waals surface area contributed by atoms with Crippen molar-refractivity contribution in [2.24, 2.45) is 0 Å². The molecule has 2 saturated heterocycles. The van der Waals surface area contributed by atoms with E-state index in [0.29, 0.717) is 18.1 Å². The second kappa shape index (κ2) is 4.10. The van der Waals surface area contributed by atoms with E-state index in [1.165, 1.54) is 0 Å². The van der Waals surface area contributed by atoms with E-state index in [0.717, 1.165) is 32.6 Å². The van der Waals surface area contributed by atoms with Crippen LogP contribution in [-0.4, -0.2) is 65.8 Å². The molecule has 5 heteroatoms. The Bertz CT molecular complexity index is 349. The van der Waals surface area contributed by atoms with Gasteiger partial charge in [-0.25, -0.2) is 4.79 Å². The van der Waals surface area contributed by atoms with Crippen LogP contribution in [0.25, 0.3) is 0 Å². The van der Waals surface area contributed by atoms with Crippen molar-refractivity contribution in [3.05, 3.63) is 0 Å². The molecule has 3 fully saturated rings. The van der Waals surface area contributed by atoms with Crippen molar-refractivity contribution in [2.45, 2.75) is 50.9 Å². The number of fused-ring (bicyclic) bond motifs is 1. The Kier molecular flexibility index (Phi) is 2.79. The molecule has 2 heterocycles. The first-order valence-electron chi connectivity index (χ1n) is 6.92. The highest BCUT2D eigenvalue weighted by Gasteiger charge is 2.53. The van der Waals surface area contributed by atoms with E-state index in [1.807, 2.05) is 25.7 Å². The van der Waals surface area contributed by atoms with Crippen LogP contribution in [0.2, 0.25) is 0 Å². The Morgan fingerprint density at radius 2 is 1.94 bits per heavy atom. The van der Waals surface area contributed by atoms with Crippen molar-refractivity contribution in [3.8, 4) is 0 Å². The Morgan fingerprint density at radius 3 is 2.50 bits per heavy atom. The van der Waals surface area contributed by atoms with Gasteiger partial charge in [0.1, 0.15) is 5.60 Å². The number of hydrogen-bond acceptors (Lipinski definition) is 4. The highest BCUT2D eigenvalue weighted by Crippen LogP contribution is 2.38. The van der Waals surface area contributed by atoms with Crippen molar-refractivity contribution in [1.29, 1.82) is 0 Å². The van der Waals surface area contributed by atoms with Crippen molar-refractivity contribution >= 4 is 6.09 Å². The normalized spacial score (nSPS) is 32.7. The fourth-order valence-corrected chi connectivity index (χ4v) is 2.92. The van der Waals surface area contributed by atoms with Crippen molar-refractivity contribution in [2.75, 3.05) is 26.2 Å². The zero-order valence-electron chi connectivity index (χ0n) is 11.5. The summed E-state index contributed by atoms with van der Waals surface area (Å²) in [5.41, 5.74) is -0.392. The maximum atomic E-state index is 12.1. The molecule has 0 bridgehead atoms. The molecule has 3 rings (SSSR count). The molecule has 2 atom stereocenters. The standard InChI is InChI=1S/C13H23N3O2/c1-13(2,3)18-12(17)16-5-4-15(9-7-14-8-9)10-6-11(10)16/h9-11,14H,4-8H2,1-3H3. The zero-order valence-corrected chi connectivity index (χ0v) is 11.5. The molecule has 3 aliphatic rings. The van der Waals surface area contributed by atoms with Crippen LogP contribution < -0.4 is 5.32 Å². The van der Waals surface area contributed by atoms with E-state index in [2.05, 4.69) is 10.2 Å². The summed E-state index contributed by atoms with van der Waals surface area (Å²) in [6, 6.07) is 1.67. The lowest BCUT2D eigenvalue weighted by Gasteiger charge is -2.43. The van der Waals surface area contributed by atoms with E-state index in [4.69, 9.17) is 4.74 Å². The van der Waals surface area contributed by atoms with Crippen LogP contribution in [0.4, 0.5) is 4.79 Å². The molecular formula is C13H23N3O2. The third-order valence-electron chi connectivity index (χ3n) is 4.01. The highest BCUT2D eigenvalue weighted by atomic mass is 16.6. The predicted molar refractivity (Wildman–Crippen MR) is 68.5 cm³/mol. The topological polar surface area (TPSA) is 44.8 Å². The lowest BCUT2D eigenvalue weighted by Crippen LogP contribution is -2.62. The first kappa shape index (κ1) is 12.2. The summed E-state index contributed by atoms with van der Waals surface area (Å²) in [5, 5.41) is 3.32. The van der Waals surface area contributed by atoms with Gasteiger partial charge in [0.15, 0.2) is 0 Å². The average Bonchev–Trinajstić information content (AvgIpc) is 2.91. The molecule has 0 aromatic carbocycles. The summed E-state index contributed by atoms with van der Waals surface area (Å²) in [6.07, 6.45) is 0.983. The Hall–Kier alpha value is -0.810. The summed E-state index contributed by atoms with van der Waals surface area (Å²) in [4.78, 5) is 16.6. The number of rotatable bonds is 1. The van der Waals surface area contributed by atoms with Crippen molar-refractivity contribution < 1.29 is 9.53 Å². The molecule has 1 N–H and O–H groups in total. The minimum atomic E-state index is -0.392. The SMILES string of the molecule is CC(C)(C)OC(=O)N1CCN(C2CNC2)C2CC21. The molecule has 0 spiro atoms. The van der Waals surface area contributed by atoms with Crippen LogP contribution in [0.1, 0.15) is 27.2 Å². The molecule has 18 heavy (non-hydrogen) atoms. The van der Waals surface area contributed by atoms with E-state index >= 15 is 0 Å². The first-order chi connectivity index (χ1) is 8.46. The van der Waals surface area contributed by atoms with Gasteiger partial charge in [-0.3, -0.25) is 4.90 Å². The number of piperazine rings is 1. The number of ether oxygens (including phenoxy) is 1. The molecular weight excluding hydrogens is 230 g/mol. The Labute approximate surface area is 108 Å². The number of carbonyl (C=O) groups is 1. The van der Waals surface area contributed by atoms with Gasteiger partial charge < -0.3 is 15.0 Å². The summed E-state index contributed by atoms with van der Waals surface area (Å²) in [6.45, 7) is 9.79. The van der Waals surface area contributed by atoms with E-state index in [1.54, 1.807) is 0 Å². The van der Waals surface area contributed by atoms with Gasteiger partial charge in [-0.1, -0.05) is 0 Å². The number of nitrogens with one attached hydrogen (secondary N) is 1. The van der Waals surface area contributed by atoms with Crippen LogP contribution in [0, 0.1) is 0 Å². The van der Waals surface area contributed by atoms with E-state index in [-0.39, 0.29) is 6.09 Å². The van der Waals surface area contributed by atoms with Gasteiger partial charge in [0.05, 0.1) is 6.04 Å². The number of amides is 1. The third-order valence-corrected chi connectivity index (χ3v) is 4.01. The van der Waals surface area contributed by atoms with Crippen LogP contribution in [-0.2, 0) is 4.74 Å². The van der Waals surface area contributed by atoms with Crippen LogP contribution in [0.3, 0.4) is 0 Å². The summed E-state index contributed by atoms with van der Waals surface area (Å²) in [7, 11) is 0. The summed E-state index contributed by atoms with van der Waals surface area (Å²) >= 11 is 0. The molecule has 0 aromatic rings. The molecule has 1 saturated carbocycles. The fraction of sp³-hybridized carbons (Fsp3) is 0.923. The fourth-order valence-electron chi connectivity index (χ4n) is 2.92. The quantitative estimate of drug-likeness (QED) is 0.745. The van der Waals surface area contributed by atoms with Gasteiger partial charge in [0.2, 0.25) is 0 Å². The number of carbonyl (C=O) groups excluding carboxylic acids is 1. The molecule has 2 aliphatic heterocycles. The van der Waals surface area contributed by atoms with Gasteiger partial charge in [-0.2, -0.15) is 0 Å². The Balaban J connectivity index is 1.57. The number of nitrogens with zero attached hydrogens (tertiary/aromatic N) is 2. The molecule has 1 amide bonds. The second-order valence-electron chi connectivity index (χ2n) is 6.59. The summed E-state index contributed by atoms with van der Waals surface area (Å²) in [5.74, 6) is 0. The van der Waals surface area contributed by atoms with Gasteiger partial charge in [0, 0.05) is 38.3 Å². The minimum absolute atomic E-state index is 0.138. The van der Waals surface area contributed by atoms with Gasteiger partial charge in [-0.15, -0.1) is 0 Å². The van der Waals surface area contributed by atoms with Crippen molar-refractivity contribution in [1.82, 2.24) is 15.1 Å². The third kappa shape index (κ3) is 2.21. The highest BCUT2D eigenvalue weighted by molar-refractivity contribution is 5.69. The lowest BCUT2D eigenvalue weighted by atomic mass is 10.1. The molecule has 5 nitrogen and oxygen atoms in total. The first-order valence-corrected chi connectivity index (χ1v) is 6.92. The summed E-state index contributed by atoms with van der Waals surface area (Å²) < 4.78 is 5.47. The van der Waals surface area contributed by atoms with Crippen LogP contribution >= 0.6 is 0 Å². The predicted octanol–water partition coefficient (Wildman–Crippen LogP) is 0.652. The van der Waals surface area contributed by atoms with Crippen molar-refractivity contribution in [3.63, 3.8) is 0 Å². The largest absolute Gasteiger partial charge is 0.444 e. The van der Waals surface area contributed by atoms with Gasteiger partial charge >= 0.3 is 6.09 Å².